The molecular weight excluding hydrogens is 528 g/mol. The number of carboxylic acid groups (broad SMARTS) is 1. The van der Waals surface area contributed by atoms with Crippen LogP contribution in [0.2, 0.25) is 0 Å². The molecule has 1 unspecified atom stereocenters. The molecule has 0 bridgehead atoms. The summed E-state index contributed by atoms with van der Waals surface area (Å²) in [6.07, 6.45) is 3.48. The average molecular weight is 567 g/mol. The highest BCUT2D eigenvalue weighted by molar-refractivity contribution is 6.10. The highest BCUT2D eigenvalue weighted by atomic mass is 16.5. The summed E-state index contributed by atoms with van der Waals surface area (Å²) in [7, 11) is 1.59. The first kappa shape index (κ1) is 29.1. The minimum atomic E-state index is -0.722. The van der Waals surface area contributed by atoms with Crippen molar-refractivity contribution in [2.75, 3.05) is 30.8 Å². The second kappa shape index (κ2) is 12.2. The second-order valence-electron chi connectivity index (χ2n) is 11.9. The molecule has 5 rings (SSSR count). The van der Waals surface area contributed by atoms with Gasteiger partial charge >= 0.3 is 12.0 Å². The summed E-state index contributed by atoms with van der Waals surface area (Å²) >= 11 is 0. The van der Waals surface area contributed by atoms with Gasteiger partial charge in [0.05, 0.1) is 30.1 Å². The molecule has 0 radical (unpaired) electrons. The number of hydrogen-bond donors (Lipinski definition) is 3. The first-order valence-electron chi connectivity index (χ1n) is 14.3. The van der Waals surface area contributed by atoms with Crippen molar-refractivity contribution in [1.82, 2.24) is 9.88 Å². The number of methoxy groups -OCH3 is 1. The van der Waals surface area contributed by atoms with Crippen LogP contribution in [-0.4, -0.2) is 47.2 Å². The van der Waals surface area contributed by atoms with Crippen LogP contribution in [0.5, 0.6) is 5.75 Å². The molecule has 1 fully saturated rings. The molecule has 1 aromatic heterocycles. The molecule has 1 atom stereocenters. The van der Waals surface area contributed by atoms with Crippen LogP contribution < -0.4 is 15.4 Å². The highest BCUT2D eigenvalue weighted by Gasteiger charge is 2.25. The Kier molecular flexibility index (Phi) is 8.45. The van der Waals surface area contributed by atoms with Gasteiger partial charge in [-0.3, -0.25) is 14.7 Å². The van der Waals surface area contributed by atoms with E-state index in [1.54, 1.807) is 7.11 Å². The zero-order valence-electron chi connectivity index (χ0n) is 24.6. The van der Waals surface area contributed by atoms with Crippen molar-refractivity contribution in [3.8, 4) is 16.9 Å². The largest absolute Gasteiger partial charge is 0.495 e. The molecule has 0 spiro atoms. The predicted molar refractivity (Wildman–Crippen MR) is 167 cm³/mol. The van der Waals surface area contributed by atoms with Crippen molar-refractivity contribution in [3.63, 3.8) is 0 Å². The fourth-order valence-corrected chi connectivity index (χ4v) is 5.52. The number of pyridine rings is 1. The predicted octanol–water partition coefficient (Wildman–Crippen LogP) is 7.15. The number of fused-ring (bicyclic) bond motifs is 1. The van der Waals surface area contributed by atoms with Crippen LogP contribution in [-0.2, 0) is 16.8 Å². The van der Waals surface area contributed by atoms with Gasteiger partial charge in [0.15, 0.2) is 0 Å². The number of hydrogen-bond acceptors (Lipinski definition) is 5. The summed E-state index contributed by atoms with van der Waals surface area (Å²) in [6, 6.07) is 21.4. The normalized spacial score (nSPS) is 15.8. The second-order valence-corrected chi connectivity index (χ2v) is 11.9. The lowest BCUT2D eigenvalue weighted by atomic mass is 9.87. The van der Waals surface area contributed by atoms with Crippen LogP contribution in [0.25, 0.3) is 21.9 Å². The molecular formula is C34H38N4O4. The smallest absolute Gasteiger partial charge is 0.323 e. The summed E-state index contributed by atoms with van der Waals surface area (Å²) in [5.74, 6) is -0.440. The first-order chi connectivity index (χ1) is 20.1. The van der Waals surface area contributed by atoms with Crippen molar-refractivity contribution in [3.05, 3.63) is 84.2 Å². The Bertz CT molecular complexity index is 1590. The molecule has 1 saturated heterocycles. The molecule has 0 saturated carbocycles. The van der Waals surface area contributed by atoms with Gasteiger partial charge in [0.2, 0.25) is 0 Å². The lowest BCUT2D eigenvalue weighted by Gasteiger charge is -2.30. The molecule has 0 aliphatic carbocycles. The Labute approximate surface area is 246 Å². The van der Waals surface area contributed by atoms with E-state index in [1.165, 1.54) is 0 Å². The van der Waals surface area contributed by atoms with E-state index in [0.29, 0.717) is 30.2 Å². The topological polar surface area (TPSA) is 104 Å². The summed E-state index contributed by atoms with van der Waals surface area (Å²) in [5, 5.41) is 17.3. The molecule has 3 N–H and O–H groups in total. The van der Waals surface area contributed by atoms with E-state index in [0.717, 1.165) is 52.5 Å². The van der Waals surface area contributed by atoms with Crippen LogP contribution in [0, 0.1) is 5.92 Å². The molecule has 1 aliphatic rings. The number of carbonyl (C=O) groups is 2. The van der Waals surface area contributed by atoms with Gasteiger partial charge in [0.1, 0.15) is 5.75 Å². The van der Waals surface area contributed by atoms with Gasteiger partial charge in [-0.25, -0.2) is 4.79 Å². The highest BCUT2D eigenvalue weighted by Crippen LogP contribution is 2.34. The number of carbonyl (C=O) groups excluding carboxylic acids is 1. The lowest BCUT2D eigenvalue weighted by molar-refractivity contribution is -0.143. The number of ether oxygens (including phenoxy) is 1. The van der Waals surface area contributed by atoms with Gasteiger partial charge in [-0.15, -0.1) is 0 Å². The lowest BCUT2D eigenvalue weighted by Crippen LogP contribution is -2.38. The van der Waals surface area contributed by atoms with Gasteiger partial charge < -0.3 is 20.5 Å². The minimum absolute atomic E-state index is 0.0742. The standard InChI is InChI=1S/C34H38N4O4/c1-34(2,3)24-12-16-31(42-4)30(18-24)37-33(41)36-29-15-14-26(27-9-5-6-10-28(27)29)22-11-13-25(35-19-22)21-38-17-7-8-23(20-38)32(39)40/h5-6,9-16,18-19,23H,7-8,17,20-21H2,1-4H3,(H,39,40)(H2,36,37,41). The van der Waals surface area contributed by atoms with Gasteiger partial charge in [0.25, 0.3) is 0 Å². The van der Waals surface area contributed by atoms with E-state index in [2.05, 4.69) is 42.4 Å². The van der Waals surface area contributed by atoms with Crippen molar-refractivity contribution < 1.29 is 19.4 Å². The van der Waals surface area contributed by atoms with E-state index < -0.39 is 5.97 Å². The number of aliphatic carboxylic acids is 1. The molecule has 8 nitrogen and oxygen atoms in total. The van der Waals surface area contributed by atoms with E-state index in [4.69, 9.17) is 9.72 Å². The monoisotopic (exact) mass is 566 g/mol. The summed E-state index contributed by atoms with van der Waals surface area (Å²) < 4.78 is 5.49. The SMILES string of the molecule is COc1ccc(C(C)(C)C)cc1NC(=O)Nc1ccc(-c2ccc(CN3CCCC(C(=O)O)C3)nc2)c2ccccc12. The quantitative estimate of drug-likeness (QED) is 0.220. The molecule has 1 aliphatic heterocycles. The van der Waals surface area contributed by atoms with Gasteiger partial charge in [-0.2, -0.15) is 0 Å². The van der Waals surface area contributed by atoms with Gasteiger partial charge in [-0.05, 0) is 65.6 Å². The number of nitrogens with zero attached hydrogens (tertiary/aromatic N) is 2. The number of rotatable bonds is 7. The van der Waals surface area contributed by atoms with E-state index in [-0.39, 0.29) is 17.4 Å². The van der Waals surface area contributed by atoms with Crippen molar-refractivity contribution in [2.45, 2.75) is 45.6 Å². The summed E-state index contributed by atoms with van der Waals surface area (Å²) in [5.41, 5.74) is 5.21. The number of amides is 2. The number of anilines is 2. The van der Waals surface area contributed by atoms with Crippen molar-refractivity contribution in [1.29, 1.82) is 0 Å². The average Bonchev–Trinajstić information content (AvgIpc) is 2.97. The van der Waals surface area contributed by atoms with E-state index in [1.807, 2.05) is 66.9 Å². The maximum absolute atomic E-state index is 13.1. The number of urea groups is 1. The Balaban J connectivity index is 1.34. The fourth-order valence-electron chi connectivity index (χ4n) is 5.52. The third-order valence-electron chi connectivity index (χ3n) is 7.86. The maximum Gasteiger partial charge on any atom is 0.323 e. The van der Waals surface area contributed by atoms with Crippen LogP contribution in [0.1, 0.15) is 44.9 Å². The summed E-state index contributed by atoms with van der Waals surface area (Å²) in [4.78, 5) is 31.4. The van der Waals surface area contributed by atoms with Crippen LogP contribution in [0.3, 0.4) is 0 Å². The zero-order chi connectivity index (χ0) is 29.9. The molecule has 2 amide bonds. The van der Waals surface area contributed by atoms with E-state index in [9.17, 15) is 14.7 Å². The Morgan fingerprint density at radius 3 is 2.45 bits per heavy atom. The molecule has 8 heteroatoms. The fraction of sp³-hybridized carbons (Fsp3) is 0.324. The van der Waals surface area contributed by atoms with E-state index >= 15 is 0 Å². The first-order valence-corrected chi connectivity index (χ1v) is 14.3. The van der Waals surface area contributed by atoms with Crippen molar-refractivity contribution >= 4 is 34.1 Å². The third kappa shape index (κ3) is 6.55. The Hall–Kier alpha value is -4.43. The van der Waals surface area contributed by atoms with Crippen LogP contribution >= 0.6 is 0 Å². The molecule has 2 heterocycles. The van der Waals surface area contributed by atoms with Crippen LogP contribution in [0.15, 0.2) is 72.9 Å². The molecule has 3 aromatic carbocycles. The number of benzene rings is 3. The number of nitrogens with one attached hydrogen (secondary N) is 2. The van der Waals surface area contributed by atoms with Crippen LogP contribution in [0.4, 0.5) is 16.2 Å². The Morgan fingerprint density at radius 1 is 1.00 bits per heavy atom. The third-order valence-corrected chi connectivity index (χ3v) is 7.86. The molecule has 4 aromatic rings. The van der Waals surface area contributed by atoms with Gasteiger partial charge in [-0.1, -0.05) is 63.2 Å². The zero-order valence-corrected chi connectivity index (χ0v) is 24.6. The van der Waals surface area contributed by atoms with Gasteiger partial charge in [0, 0.05) is 30.2 Å². The summed E-state index contributed by atoms with van der Waals surface area (Å²) in [6.45, 7) is 8.45. The molecule has 42 heavy (non-hydrogen) atoms. The number of likely N-dealkylation sites (tertiary alicyclic amines) is 1. The number of aromatic nitrogens is 1. The minimum Gasteiger partial charge on any atom is -0.495 e. The van der Waals surface area contributed by atoms with Crippen molar-refractivity contribution in [2.24, 2.45) is 5.92 Å². The maximum atomic E-state index is 13.1. The number of piperidine rings is 1. The number of carboxylic acids is 1. The molecule has 218 valence electrons. The Morgan fingerprint density at radius 2 is 1.76 bits per heavy atom.